The van der Waals surface area contributed by atoms with Crippen molar-refractivity contribution < 1.29 is 23.9 Å². The normalized spacial score (nSPS) is 14.8. The topological polar surface area (TPSA) is 122 Å². The highest BCUT2D eigenvalue weighted by atomic mass is 16.7. The molecule has 0 spiro atoms. The molecule has 9 nitrogen and oxygen atoms in total. The summed E-state index contributed by atoms with van der Waals surface area (Å²) < 4.78 is 4.39. The largest absolute Gasteiger partial charge is 0.388 e. The number of likely N-dealkylation sites (tertiary alicyclic amines) is 1. The summed E-state index contributed by atoms with van der Waals surface area (Å²) in [6, 6.07) is 0. The number of aliphatic hydroxyl groups excluding tert-OH is 1. The molecule has 1 aromatic rings. The van der Waals surface area contributed by atoms with E-state index in [-0.39, 0.29) is 21.9 Å². The molecule has 110 valence electrons. The molecule has 0 aliphatic carbocycles. The number of rotatable bonds is 6. The Labute approximate surface area is 114 Å². The van der Waals surface area contributed by atoms with Crippen molar-refractivity contribution in [3.63, 3.8) is 0 Å². The molecule has 1 saturated heterocycles. The SMILES string of the molecule is O=C(NCCCN1CCCC1=O)c1c(CO)[nH]o[n+]1=O. The van der Waals surface area contributed by atoms with Crippen molar-refractivity contribution in [2.75, 3.05) is 19.6 Å². The molecule has 1 aliphatic heterocycles. The molecule has 2 rings (SSSR count). The van der Waals surface area contributed by atoms with Crippen LogP contribution in [0.25, 0.3) is 0 Å². The smallest absolute Gasteiger partial charge is 0.334 e. The fourth-order valence-electron chi connectivity index (χ4n) is 2.12. The van der Waals surface area contributed by atoms with Gasteiger partial charge in [-0.1, -0.05) is 9.79 Å². The standard InChI is InChI=1S/C11H16N4O5/c16-7-8-10(15(19)20-13-8)11(18)12-4-2-6-14-5-1-3-9(14)17/h16H,1-7H2,(H-,12,13,18,19)/p+1. The number of nitrogens with zero attached hydrogens (tertiary/aromatic N) is 2. The highest BCUT2D eigenvalue weighted by molar-refractivity contribution is 5.91. The first-order chi connectivity index (χ1) is 9.63. The maximum atomic E-state index is 11.8. The van der Waals surface area contributed by atoms with Gasteiger partial charge < -0.3 is 15.3 Å². The molecule has 0 radical (unpaired) electrons. The van der Waals surface area contributed by atoms with E-state index in [2.05, 4.69) is 15.1 Å². The minimum Gasteiger partial charge on any atom is -0.388 e. The lowest BCUT2D eigenvalue weighted by atomic mass is 10.3. The molecule has 2 amide bonds. The molecular weight excluding hydrogens is 268 g/mol. The maximum absolute atomic E-state index is 11.8. The summed E-state index contributed by atoms with van der Waals surface area (Å²) in [6.07, 6.45) is 2.08. The zero-order valence-corrected chi connectivity index (χ0v) is 10.9. The number of hydrogen-bond donors (Lipinski definition) is 3. The summed E-state index contributed by atoms with van der Waals surface area (Å²) >= 11 is 0. The molecule has 0 atom stereocenters. The first kappa shape index (κ1) is 14.3. The molecule has 1 fully saturated rings. The van der Waals surface area contributed by atoms with Crippen molar-refractivity contribution in [2.45, 2.75) is 25.9 Å². The number of amides is 2. The van der Waals surface area contributed by atoms with Crippen LogP contribution >= 0.6 is 0 Å². The summed E-state index contributed by atoms with van der Waals surface area (Å²) in [7, 11) is 0. The molecule has 2 heterocycles. The number of H-pyrrole nitrogens is 1. The zero-order chi connectivity index (χ0) is 14.5. The third-order valence-electron chi connectivity index (χ3n) is 3.16. The molecule has 3 N–H and O–H groups in total. The number of hydrogen-bond acceptors (Lipinski definition) is 5. The van der Waals surface area contributed by atoms with Crippen LogP contribution in [-0.2, 0) is 11.4 Å². The number of aliphatic hydroxyl groups is 1. The minimum absolute atomic E-state index is 0.0187. The van der Waals surface area contributed by atoms with E-state index in [0.29, 0.717) is 25.9 Å². The van der Waals surface area contributed by atoms with E-state index in [4.69, 9.17) is 5.11 Å². The van der Waals surface area contributed by atoms with Crippen LogP contribution in [-0.4, -0.2) is 46.6 Å². The molecule has 1 aromatic heterocycles. The first-order valence-corrected chi connectivity index (χ1v) is 6.43. The number of carbonyl (C=O) groups is 2. The highest BCUT2D eigenvalue weighted by Crippen LogP contribution is 2.09. The quantitative estimate of drug-likeness (QED) is 0.564. The Hall–Kier alpha value is -2.16. The van der Waals surface area contributed by atoms with Crippen LogP contribution in [0.2, 0.25) is 0 Å². The number of carbonyl (C=O) groups excluding carboxylic acids is 2. The summed E-state index contributed by atoms with van der Waals surface area (Å²) in [4.78, 5) is 36.1. The Bertz CT molecular complexity index is 549. The lowest BCUT2D eigenvalue weighted by molar-refractivity contribution is -0.714. The molecule has 0 aromatic carbocycles. The summed E-state index contributed by atoms with van der Waals surface area (Å²) in [6.45, 7) is 1.18. The van der Waals surface area contributed by atoms with Crippen molar-refractivity contribution >= 4 is 11.8 Å². The summed E-state index contributed by atoms with van der Waals surface area (Å²) in [5.41, 5.74) is -0.267. The molecule has 0 bridgehead atoms. The molecule has 0 saturated carbocycles. The maximum Gasteiger partial charge on any atom is 0.334 e. The van der Waals surface area contributed by atoms with Crippen molar-refractivity contribution in [1.82, 2.24) is 15.4 Å². The van der Waals surface area contributed by atoms with E-state index in [9.17, 15) is 14.5 Å². The Morgan fingerprint density at radius 1 is 1.55 bits per heavy atom. The van der Waals surface area contributed by atoms with Crippen molar-refractivity contribution in [3.05, 3.63) is 16.3 Å². The molecular formula is C11H17N4O5+. The van der Waals surface area contributed by atoms with Crippen LogP contribution in [0.1, 0.15) is 35.4 Å². The molecule has 0 unspecified atom stereocenters. The Morgan fingerprint density at radius 3 is 3.00 bits per heavy atom. The summed E-state index contributed by atoms with van der Waals surface area (Å²) in [5.74, 6) is -0.484. The fraction of sp³-hybridized carbons (Fsp3) is 0.636. The van der Waals surface area contributed by atoms with Crippen LogP contribution in [0.4, 0.5) is 0 Å². The van der Waals surface area contributed by atoms with Gasteiger partial charge in [-0.05, 0) is 17.7 Å². The second-order valence-corrected chi connectivity index (χ2v) is 4.53. The van der Waals surface area contributed by atoms with Crippen molar-refractivity contribution in [2.24, 2.45) is 0 Å². The van der Waals surface area contributed by atoms with Gasteiger partial charge in [0, 0.05) is 26.1 Å². The average molecular weight is 285 g/mol. The predicted octanol–water partition coefficient (Wildman–Crippen LogP) is -1.24. The molecule has 1 aliphatic rings. The van der Waals surface area contributed by atoms with Gasteiger partial charge in [-0.15, -0.1) is 0 Å². The Morgan fingerprint density at radius 2 is 2.35 bits per heavy atom. The average Bonchev–Trinajstić information content (AvgIpc) is 3.00. The zero-order valence-electron chi connectivity index (χ0n) is 10.9. The highest BCUT2D eigenvalue weighted by Gasteiger charge is 2.27. The van der Waals surface area contributed by atoms with Gasteiger partial charge >= 0.3 is 11.6 Å². The third-order valence-corrected chi connectivity index (χ3v) is 3.16. The van der Waals surface area contributed by atoms with E-state index in [1.165, 1.54) is 0 Å². The van der Waals surface area contributed by atoms with Gasteiger partial charge in [0.25, 0.3) is 0 Å². The number of nitrogens with one attached hydrogen (secondary N) is 2. The number of aromatic nitrogens is 2. The Balaban J connectivity index is 1.79. The second kappa shape index (κ2) is 6.33. The second-order valence-electron chi connectivity index (χ2n) is 4.53. The number of aromatic amines is 1. The predicted molar refractivity (Wildman–Crippen MR) is 65.1 cm³/mol. The van der Waals surface area contributed by atoms with E-state index in [1.807, 2.05) is 0 Å². The monoisotopic (exact) mass is 285 g/mol. The fourth-order valence-corrected chi connectivity index (χ4v) is 2.12. The summed E-state index contributed by atoms with van der Waals surface area (Å²) in [5, 5.41) is 13.7. The molecule has 20 heavy (non-hydrogen) atoms. The van der Waals surface area contributed by atoms with Gasteiger partial charge in [0.2, 0.25) is 11.6 Å². The van der Waals surface area contributed by atoms with Crippen LogP contribution in [0.3, 0.4) is 0 Å². The van der Waals surface area contributed by atoms with E-state index < -0.39 is 12.5 Å². The third kappa shape index (κ3) is 3.05. The first-order valence-electron chi connectivity index (χ1n) is 6.43. The van der Waals surface area contributed by atoms with E-state index in [0.717, 1.165) is 13.0 Å². The Kier molecular flexibility index (Phi) is 4.51. The van der Waals surface area contributed by atoms with Crippen LogP contribution in [0, 0.1) is 4.91 Å². The van der Waals surface area contributed by atoms with Gasteiger partial charge in [0.05, 0.1) is 0 Å². The lowest BCUT2D eigenvalue weighted by Crippen LogP contribution is -2.34. The van der Waals surface area contributed by atoms with E-state index in [1.54, 1.807) is 4.90 Å². The van der Waals surface area contributed by atoms with Gasteiger partial charge in [-0.25, -0.2) is 0 Å². The molecule has 9 heteroatoms. The minimum atomic E-state index is -0.623. The lowest BCUT2D eigenvalue weighted by Gasteiger charge is -2.14. The van der Waals surface area contributed by atoms with Gasteiger partial charge in [-0.2, -0.15) is 0 Å². The van der Waals surface area contributed by atoms with Crippen LogP contribution < -0.4 is 9.92 Å². The van der Waals surface area contributed by atoms with Gasteiger partial charge in [0.1, 0.15) is 6.61 Å². The van der Waals surface area contributed by atoms with E-state index >= 15 is 0 Å². The van der Waals surface area contributed by atoms with Gasteiger partial charge in [-0.3, -0.25) is 9.59 Å². The van der Waals surface area contributed by atoms with Crippen molar-refractivity contribution in [1.29, 1.82) is 0 Å². The van der Waals surface area contributed by atoms with Crippen molar-refractivity contribution in [3.8, 4) is 0 Å². The van der Waals surface area contributed by atoms with Gasteiger partial charge in [0.15, 0.2) is 4.60 Å². The van der Waals surface area contributed by atoms with Crippen LogP contribution in [0.5, 0.6) is 0 Å². The van der Waals surface area contributed by atoms with Crippen LogP contribution in [0.15, 0.2) is 4.63 Å².